The lowest BCUT2D eigenvalue weighted by molar-refractivity contribution is 0.0935. The number of rotatable bonds is 6. The first-order valence-electron chi connectivity index (χ1n) is 7.80. The number of anilines is 1. The topological polar surface area (TPSA) is 67.2 Å². The molecule has 3 aromatic rings. The van der Waals surface area contributed by atoms with E-state index in [2.05, 4.69) is 15.6 Å². The molecule has 2 aromatic heterocycles. The van der Waals surface area contributed by atoms with Crippen LogP contribution in [0.5, 0.6) is 0 Å². The minimum absolute atomic E-state index is 0.0720. The number of amides is 1. The molecule has 1 amide bonds. The molecular formula is C19H19N3O2. The predicted molar refractivity (Wildman–Crippen MR) is 92.6 cm³/mol. The molecule has 5 nitrogen and oxygen atoms in total. The second-order valence-electron chi connectivity index (χ2n) is 5.47. The minimum Gasteiger partial charge on any atom is -0.467 e. The van der Waals surface area contributed by atoms with Crippen molar-refractivity contribution in [1.82, 2.24) is 10.3 Å². The van der Waals surface area contributed by atoms with Gasteiger partial charge in [-0.2, -0.15) is 0 Å². The Balaban J connectivity index is 1.57. The molecule has 0 radical (unpaired) electrons. The lowest BCUT2D eigenvalue weighted by Crippen LogP contribution is -2.27. The van der Waals surface area contributed by atoms with Crippen LogP contribution in [0.1, 0.15) is 34.8 Å². The van der Waals surface area contributed by atoms with Gasteiger partial charge >= 0.3 is 0 Å². The summed E-state index contributed by atoms with van der Waals surface area (Å²) < 4.78 is 5.26. The first-order valence-corrected chi connectivity index (χ1v) is 7.80. The van der Waals surface area contributed by atoms with Gasteiger partial charge in [-0.3, -0.25) is 4.79 Å². The van der Waals surface area contributed by atoms with Crippen LogP contribution in [0.15, 0.2) is 71.5 Å². The summed E-state index contributed by atoms with van der Waals surface area (Å²) in [6.07, 6.45) is 3.28. The fourth-order valence-electron chi connectivity index (χ4n) is 2.33. The number of benzene rings is 1. The first-order chi connectivity index (χ1) is 11.7. The number of pyridine rings is 1. The fraction of sp³-hybridized carbons (Fsp3) is 0.158. The molecular weight excluding hydrogens is 302 g/mol. The number of aromatic nitrogens is 1. The van der Waals surface area contributed by atoms with Crippen LogP contribution in [0.2, 0.25) is 0 Å². The average molecular weight is 321 g/mol. The lowest BCUT2D eigenvalue weighted by atomic mass is 10.1. The number of carbonyl (C=O) groups is 1. The maximum Gasteiger partial charge on any atom is 0.270 e. The first kappa shape index (κ1) is 15.8. The van der Waals surface area contributed by atoms with E-state index in [0.29, 0.717) is 12.2 Å². The number of hydrogen-bond donors (Lipinski definition) is 2. The molecule has 0 aliphatic heterocycles. The molecule has 122 valence electrons. The van der Waals surface area contributed by atoms with Crippen molar-refractivity contribution < 1.29 is 9.21 Å². The summed E-state index contributed by atoms with van der Waals surface area (Å²) in [7, 11) is 0. The van der Waals surface area contributed by atoms with Crippen molar-refractivity contribution >= 4 is 11.6 Å². The fourth-order valence-corrected chi connectivity index (χ4v) is 2.33. The number of nitrogens with zero attached hydrogens (tertiary/aromatic N) is 1. The molecule has 3 rings (SSSR count). The number of carbonyl (C=O) groups excluding carboxylic acids is 1. The van der Waals surface area contributed by atoms with Gasteiger partial charge in [0.2, 0.25) is 0 Å². The third-order valence-corrected chi connectivity index (χ3v) is 3.69. The highest BCUT2D eigenvalue weighted by Gasteiger charge is 2.12. The van der Waals surface area contributed by atoms with Gasteiger partial charge in [-0.05, 0) is 36.8 Å². The zero-order chi connectivity index (χ0) is 16.8. The second-order valence-corrected chi connectivity index (χ2v) is 5.47. The normalized spacial score (nSPS) is 11.7. The van der Waals surface area contributed by atoms with Crippen molar-refractivity contribution in [3.05, 3.63) is 84.1 Å². The van der Waals surface area contributed by atoms with E-state index in [0.717, 1.165) is 17.0 Å². The van der Waals surface area contributed by atoms with Crippen LogP contribution in [-0.4, -0.2) is 10.9 Å². The third-order valence-electron chi connectivity index (χ3n) is 3.69. The van der Waals surface area contributed by atoms with Crippen molar-refractivity contribution in [3.63, 3.8) is 0 Å². The van der Waals surface area contributed by atoms with E-state index in [1.54, 1.807) is 18.5 Å². The van der Waals surface area contributed by atoms with Gasteiger partial charge in [0.25, 0.3) is 5.91 Å². The monoisotopic (exact) mass is 321 g/mol. The standard InChI is InChI=1S/C19H19N3O2/c1-14(15-6-3-2-4-7-15)22-19(23)18-10-9-16(12-21-18)20-13-17-8-5-11-24-17/h2-12,14,20H,13H2,1H3,(H,22,23). The average Bonchev–Trinajstić information content (AvgIpc) is 3.14. The summed E-state index contributed by atoms with van der Waals surface area (Å²) >= 11 is 0. The van der Waals surface area contributed by atoms with E-state index in [9.17, 15) is 4.79 Å². The Morgan fingerprint density at radius 3 is 2.62 bits per heavy atom. The lowest BCUT2D eigenvalue weighted by Gasteiger charge is -2.14. The molecule has 2 heterocycles. The van der Waals surface area contributed by atoms with E-state index in [1.807, 2.05) is 55.5 Å². The van der Waals surface area contributed by atoms with Crippen molar-refractivity contribution in [2.45, 2.75) is 19.5 Å². The SMILES string of the molecule is CC(NC(=O)c1ccc(NCc2ccco2)cn1)c1ccccc1. The minimum atomic E-state index is -0.191. The van der Waals surface area contributed by atoms with Gasteiger partial charge in [-0.15, -0.1) is 0 Å². The predicted octanol–water partition coefficient (Wildman–Crippen LogP) is 3.78. The third kappa shape index (κ3) is 4.01. The van der Waals surface area contributed by atoms with Gasteiger partial charge in [0.15, 0.2) is 0 Å². The maximum absolute atomic E-state index is 12.3. The summed E-state index contributed by atoms with van der Waals surface area (Å²) in [5.74, 6) is 0.650. The summed E-state index contributed by atoms with van der Waals surface area (Å²) in [4.78, 5) is 16.5. The van der Waals surface area contributed by atoms with E-state index < -0.39 is 0 Å². The van der Waals surface area contributed by atoms with Gasteiger partial charge < -0.3 is 15.1 Å². The van der Waals surface area contributed by atoms with Crippen molar-refractivity contribution in [2.24, 2.45) is 0 Å². The van der Waals surface area contributed by atoms with Crippen LogP contribution in [0, 0.1) is 0 Å². The van der Waals surface area contributed by atoms with E-state index in [1.165, 1.54) is 0 Å². The van der Waals surface area contributed by atoms with Gasteiger partial charge in [0.1, 0.15) is 11.5 Å². The summed E-state index contributed by atoms with van der Waals surface area (Å²) in [5.41, 5.74) is 2.28. The Bertz CT molecular complexity index is 768. The smallest absolute Gasteiger partial charge is 0.270 e. The number of nitrogens with one attached hydrogen (secondary N) is 2. The molecule has 1 atom stereocenters. The van der Waals surface area contributed by atoms with Crippen LogP contribution >= 0.6 is 0 Å². The molecule has 0 saturated carbocycles. The Morgan fingerprint density at radius 1 is 1.12 bits per heavy atom. The van der Waals surface area contributed by atoms with Crippen molar-refractivity contribution in [2.75, 3.05) is 5.32 Å². The molecule has 0 bridgehead atoms. The molecule has 0 fully saturated rings. The molecule has 0 aliphatic rings. The van der Waals surface area contributed by atoms with Crippen LogP contribution < -0.4 is 10.6 Å². The Labute approximate surface area is 140 Å². The largest absolute Gasteiger partial charge is 0.467 e. The highest BCUT2D eigenvalue weighted by Crippen LogP contribution is 2.13. The quantitative estimate of drug-likeness (QED) is 0.725. The van der Waals surface area contributed by atoms with Crippen LogP contribution in [-0.2, 0) is 6.54 Å². The summed E-state index contributed by atoms with van der Waals surface area (Å²) in [6, 6.07) is 17.0. The Hall–Kier alpha value is -3.08. The van der Waals surface area contributed by atoms with E-state index in [-0.39, 0.29) is 11.9 Å². The van der Waals surface area contributed by atoms with Gasteiger partial charge in [0, 0.05) is 0 Å². The van der Waals surface area contributed by atoms with Gasteiger partial charge in [0.05, 0.1) is 30.7 Å². The van der Waals surface area contributed by atoms with Gasteiger partial charge in [-0.25, -0.2) is 4.98 Å². The highest BCUT2D eigenvalue weighted by atomic mass is 16.3. The Kier molecular flexibility index (Phi) is 4.91. The molecule has 1 aromatic carbocycles. The number of hydrogen-bond acceptors (Lipinski definition) is 4. The van der Waals surface area contributed by atoms with Crippen LogP contribution in [0.3, 0.4) is 0 Å². The Morgan fingerprint density at radius 2 is 1.96 bits per heavy atom. The molecule has 0 spiro atoms. The maximum atomic E-state index is 12.3. The van der Waals surface area contributed by atoms with Gasteiger partial charge in [-0.1, -0.05) is 30.3 Å². The van der Waals surface area contributed by atoms with Crippen molar-refractivity contribution in [1.29, 1.82) is 0 Å². The molecule has 2 N–H and O–H groups in total. The number of furan rings is 1. The summed E-state index contributed by atoms with van der Waals surface area (Å²) in [5, 5.41) is 6.14. The van der Waals surface area contributed by atoms with E-state index in [4.69, 9.17) is 4.42 Å². The van der Waals surface area contributed by atoms with Crippen LogP contribution in [0.4, 0.5) is 5.69 Å². The zero-order valence-electron chi connectivity index (χ0n) is 13.4. The molecule has 0 saturated heterocycles. The van der Waals surface area contributed by atoms with E-state index >= 15 is 0 Å². The zero-order valence-corrected chi connectivity index (χ0v) is 13.4. The van der Waals surface area contributed by atoms with Crippen molar-refractivity contribution in [3.8, 4) is 0 Å². The molecule has 5 heteroatoms. The van der Waals surface area contributed by atoms with Crippen LogP contribution in [0.25, 0.3) is 0 Å². The molecule has 1 unspecified atom stereocenters. The highest BCUT2D eigenvalue weighted by molar-refractivity contribution is 5.92. The second kappa shape index (κ2) is 7.46. The molecule has 0 aliphatic carbocycles. The molecule has 24 heavy (non-hydrogen) atoms. The summed E-state index contributed by atoms with van der Waals surface area (Å²) in [6.45, 7) is 2.53.